The third-order valence-corrected chi connectivity index (χ3v) is 3.24. The summed E-state index contributed by atoms with van der Waals surface area (Å²) in [5.41, 5.74) is 0.792. The Balaban J connectivity index is 2.42. The number of pyridine rings is 1. The van der Waals surface area contributed by atoms with E-state index in [4.69, 9.17) is 0 Å². The van der Waals surface area contributed by atoms with Crippen molar-refractivity contribution in [1.82, 2.24) is 4.98 Å². The van der Waals surface area contributed by atoms with E-state index in [0.29, 0.717) is 0 Å². The minimum atomic E-state index is -0.470. The predicted octanol–water partition coefficient (Wildman–Crippen LogP) is 3.01. The van der Waals surface area contributed by atoms with Crippen LogP contribution in [0, 0.1) is 10.1 Å². The molecule has 6 heteroatoms. The molecular formula is C12H14N2O3S. The Hall–Kier alpha value is -1.69. The number of aromatic nitrogens is 1. The average Bonchev–Trinajstić information content (AvgIpc) is 2.39. The molecule has 0 saturated carbocycles. The molecule has 0 atom stereocenters. The van der Waals surface area contributed by atoms with Crippen LogP contribution in [0.5, 0.6) is 0 Å². The molecule has 0 saturated heterocycles. The summed E-state index contributed by atoms with van der Waals surface area (Å²) in [6.07, 6.45) is 5.55. The van der Waals surface area contributed by atoms with Crippen molar-refractivity contribution >= 4 is 23.7 Å². The molecule has 18 heavy (non-hydrogen) atoms. The number of aldehydes is 1. The highest BCUT2D eigenvalue weighted by molar-refractivity contribution is 7.99. The number of hydrogen-bond acceptors (Lipinski definition) is 5. The highest BCUT2D eigenvalue weighted by Gasteiger charge is 2.04. The quantitative estimate of drug-likeness (QED) is 0.189. The van der Waals surface area contributed by atoms with Gasteiger partial charge in [0.05, 0.1) is 9.95 Å². The number of carbonyl (C=O) groups excluding carboxylic acids is 1. The Kier molecular flexibility index (Phi) is 6.07. The van der Waals surface area contributed by atoms with Gasteiger partial charge < -0.3 is 0 Å². The molecular weight excluding hydrogens is 252 g/mol. The van der Waals surface area contributed by atoms with Crippen LogP contribution in [0.15, 0.2) is 35.0 Å². The van der Waals surface area contributed by atoms with E-state index in [9.17, 15) is 14.9 Å². The molecule has 1 rings (SSSR count). The second-order valence-electron chi connectivity index (χ2n) is 3.50. The zero-order valence-electron chi connectivity index (χ0n) is 10.0. The average molecular weight is 266 g/mol. The van der Waals surface area contributed by atoms with Gasteiger partial charge >= 0.3 is 0 Å². The monoisotopic (exact) mass is 266 g/mol. The van der Waals surface area contributed by atoms with Gasteiger partial charge in [0.2, 0.25) is 0 Å². The molecule has 0 aliphatic rings. The molecule has 1 aromatic heterocycles. The number of rotatable bonds is 7. The van der Waals surface area contributed by atoms with Crippen molar-refractivity contribution in [2.75, 3.05) is 5.75 Å². The number of allylic oxidation sites excluding steroid dienone is 2. The molecule has 0 spiro atoms. The fraction of sp³-hybridized carbons (Fsp3) is 0.333. The lowest BCUT2D eigenvalue weighted by molar-refractivity contribution is -0.385. The largest absolute Gasteiger partial charge is 0.298 e. The molecule has 0 aliphatic heterocycles. The first kappa shape index (κ1) is 14.4. The fourth-order valence-corrected chi connectivity index (χ4v) is 1.99. The van der Waals surface area contributed by atoms with E-state index < -0.39 is 4.92 Å². The van der Waals surface area contributed by atoms with E-state index in [1.807, 2.05) is 13.0 Å². The SMILES string of the molecule is CC/C(C=O)=C/CCSc1ccc([N+](=O)[O-])cn1. The molecule has 0 amide bonds. The van der Waals surface area contributed by atoms with Gasteiger partial charge in [-0.3, -0.25) is 14.9 Å². The molecule has 0 fully saturated rings. The van der Waals surface area contributed by atoms with Crippen molar-refractivity contribution in [3.05, 3.63) is 40.1 Å². The van der Waals surface area contributed by atoms with Crippen LogP contribution in [0.4, 0.5) is 5.69 Å². The lowest BCUT2D eigenvalue weighted by Crippen LogP contribution is -1.90. The molecule has 0 N–H and O–H groups in total. The van der Waals surface area contributed by atoms with Crippen LogP contribution >= 0.6 is 11.8 Å². The van der Waals surface area contributed by atoms with Crippen LogP contribution in [0.3, 0.4) is 0 Å². The van der Waals surface area contributed by atoms with Crippen molar-refractivity contribution in [2.45, 2.75) is 24.8 Å². The molecule has 0 aromatic carbocycles. The van der Waals surface area contributed by atoms with Crippen molar-refractivity contribution in [3.8, 4) is 0 Å². The molecule has 96 valence electrons. The van der Waals surface area contributed by atoms with Crippen molar-refractivity contribution in [2.24, 2.45) is 0 Å². The van der Waals surface area contributed by atoms with Crippen LogP contribution in [0.1, 0.15) is 19.8 Å². The second kappa shape index (κ2) is 7.60. The Labute approximate surface area is 109 Å². The number of carbonyl (C=O) groups is 1. The van der Waals surface area contributed by atoms with Gasteiger partial charge in [-0.2, -0.15) is 0 Å². The van der Waals surface area contributed by atoms with Crippen LogP contribution < -0.4 is 0 Å². The minimum Gasteiger partial charge on any atom is -0.298 e. The van der Waals surface area contributed by atoms with Crippen molar-refractivity contribution in [3.63, 3.8) is 0 Å². The lowest BCUT2D eigenvalue weighted by atomic mass is 10.2. The molecule has 0 unspecified atom stereocenters. The van der Waals surface area contributed by atoms with E-state index in [-0.39, 0.29) is 5.69 Å². The number of nitro groups is 1. The van der Waals surface area contributed by atoms with Gasteiger partial charge in [0.25, 0.3) is 5.69 Å². The number of hydrogen-bond donors (Lipinski definition) is 0. The van der Waals surface area contributed by atoms with Gasteiger partial charge in [-0.15, -0.1) is 11.8 Å². The summed E-state index contributed by atoms with van der Waals surface area (Å²) in [5.74, 6) is 0.794. The van der Waals surface area contributed by atoms with E-state index in [1.165, 1.54) is 24.0 Å². The van der Waals surface area contributed by atoms with Gasteiger partial charge in [0.15, 0.2) is 0 Å². The Bertz CT molecular complexity index is 443. The van der Waals surface area contributed by atoms with Gasteiger partial charge in [0.1, 0.15) is 12.5 Å². The third-order valence-electron chi connectivity index (χ3n) is 2.27. The summed E-state index contributed by atoms with van der Waals surface area (Å²) in [4.78, 5) is 24.5. The first-order chi connectivity index (χ1) is 8.67. The number of nitrogens with zero attached hydrogens (tertiary/aromatic N) is 2. The van der Waals surface area contributed by atoms with Crippen LogP contribution in [0.2, 0.25) is 0 Å². The highest BCUT2D eigenvalue weighted by Crippen LogP contribution is 2.19. The Morgan fingerprint density at radius 2 is 2.33 bits per heavy atom. The predicted molar refractivity (Wildman–Crippen MR) is 70.7 cm³/mol. The van der Waals surface area contributed by atoms with Gasteiger partial charge in [-0.1, -0.05) is 13.0 Å². The van der Waals surface area contributed by atoms with E-state index in [0.717, 1.165) is 35.5 Å². The van der Waals surface area contributed by atoms with E-state index in [1.54, 1.807) is 6.07 Å². The molecule has 1 aromatic rings. The summed E-state index contributed by atoms with van der Waals surface area (Å²) in [6.45, 7) is 1.94. The normalized spacial score (nSPS) is 11.3. The smallest absolute Gasteiger partial charge is 0.287 e. The summed E-state index contributed by atoms with van der Waals surface area (Å²) in [5, 5.41) is 11.2. The lowest BCUT2D eigenvalue weighted by Gasteiger charge is -1.99. The molecule has 0 bridgehead atoms. The zero-order chi connectivity index (χ0) is 13.4. The van der Waals surface area contributed by atoms with Crippen LogP contribution in [-0.4, -0.2) is 21.9 Å². The maximum absolute atomic E-state index is 10.6. The topological polar surface area (TPSA) is 73.1 Å². The highest BCUT2D eigenvalue weighted by atomic mass is 32.2. The Morgan fingerprint density at radius 1 is 1.56 bits per heavy atom. The standard InChI is InChI=1S/C12H14N2O3S/c1-2-10(9-15)4-3-7-18-12-6-5-11(8-13-12)14(16)17/h4-6,8-9H,2-3,7H2,1H3/b10-4-. The fourth-order valence-electron chi connectivity index (χ4n) is 1.25. The summed E-state index contributed by atoms with van der Waals surface area (Å²) >= 11 is 1.51. The molecule has 0 aliphatic carbocycles. The van der Waals surface area contributed by atoms with Gasteiger partial charge in [0, 0.05) is 11.8 Å². The Morgan fingerprint density at radius 3 is 2.83 bits per heavy atom. The van der Waals surface area contributed by atoms with Crippen LogP contribution in [-0.2, 0) is 4.79 Å². The molecule has 5 nitrogen and oxygen atoms in total. The number of thioether (sulfide) groups is 1. The second-order valence-corrected chi connectivity index (χ2v) is 4.61. The van der Waals surface area contributed by atoms with Gasteiger partial charge in [-0.05, 0) is 24.5 Å². The first-order valence-corrected chi connectivity index (χ1v) is 6.53. The van der Waals surface area contributed by atoms with Crippen molar-refractivity contribution < 1.29 is 9.72 Å². The molecule has 1 heterocycles. The van der Waals surface area contributed by atoms with E-state index >= 15 is 0 Å². The minimum absolute atomic E-state index is 0.00605. The summed E-state index contributed by atoms with van der Waals surface area (Å²) in [6, 6.07) is 3.07. The zero-order valence-corrected chi connectivity index (χ0v) is 10.9. The first-order valence-electron chi connectivity index (χ1n) is 5.54. The summed E-state index contributed by atoms with van der Waals surface area (Å²) < 4.78 is 0. The van der Waals surface area contributed by atoms with Gasteiger partial charge in [-0.25, -0.2) is 4.98 Å². The maximum Gasteiger partial charge on any atom is 0.287 e. The van der Waals surface area contributed by atoms with Crippen LogP contribution in [0.25, 0.3) is 0 Å². The summed E-state index contributed by atoms with van der Waals surface area (Å²) in [7, 11) is 0. The maximum atomic E-state index is 10.6. The molecule has 0 radical (unpaired) electrons. The van der Waals surface area contributed by atoms with E-state index in [2.05, 4.69) is 4.98 Å². The van der Waals surface area contributed by atoms with Crippen molar-refractivity contribution in [1.29, 1.82) is 0 Å². The third kappa shape index (κ3) is 4.67.